The van der Waals surface area contributed by atoms with Gasteiger partial charge in [-0.15, -0.1) is 0 Å². The molecule has 98 valence electrons. The van der Waals surface area contributed by atoms with Crippen molar-refractivity contribution in [1.29, 1.82) is 0 Å². The molecule has 0 saturated heterocycles. The van der Waals surface area contributed by atoms with Crippen molar-refractivity contribution in [3.05, 3.63) is 29.8 Å². The number of carboxylic acids is 1. The number of rotatable bonds is 6. The first-order valence-electron chi connectivity index (χ1n) is 5.35. The smallest absolute Gasteiger partial charge is 0.306 e. The Kier molecular flexibility index (Phi) is 5.13. The molecule has 0 bridgehead atoms. The molecular weight excluding hydrogens is 238 g/mol. The average Bonchev–Trinajstić information content (AvgIpc) is 2.35. The third-order valence-corrected chi connectivity index (χ3v) is 2.26. The maximum Gasteiger partial charge on any atom is 0.306 e. The summed E-state index contributed by atoms with van der Waals surface area (Å²) in [5.74, 6) is -0.847. The first-order chi connectivity index (χ1) is 8.52. The van der Waals surface area contributed by atoms with Crippen LogP contribution in [0.3, 0.4) is 0 Å². The lowest BCUT2D eigenvalue weighted by Crippen LogP contribution is -2.33. The van der Waals surface area contributed by atoms with E-state index < -0.39 is 18.5 Å². The Labute approximate surface area is 104 Å². The molecule has 0 aliphatic heterocycles. The van der Waals surface area contributed by atoms with Gasteiger partial charge in [0, 0.05) is 12.1 Å². The van der Waals surface area contributed by atoms with Gasteiger partial charge in [-0.1, -0.05) is 0 Å². The van der Waals surface area contributed by atoms with E-state index >= 15 is 0 Å². The maximum atomic E-state index is 11.6. The van der Waals surface area contributed by atoms with Crippen LogP contribution in [0.4, 0.5) is 0 Å². The third kappa shape index (κ3) is 4.42. The number of hydrogen-bond donors (Lipinski definition) is 3. The summed E-state index contributed by atoms with van der Waals surface area (Å²) in [6, 6.07) is 6.45. The van der Waals surface area contributed by atoms with E-state index in [9.17, 15) is 14.7 Å². The van der Waals surface area contributed by atoms with Crippen molar-refractivity contribution >= 4 is 11.9 Å². The minimum Gasteiger partial charge on any atom is -0.497 e. The van der Waals surface area contributed by atoms with Gasteiger partial charge in [0.1, 0.15) is 5.75 Å². The molecule has 6 heteroatoms. The highest BCUT2D eigenvalue weighted by Gasteiger charge is 2.11. The molecule has 0 aromatic heterocycles. The van der Waals surface area contributed by atoms with Gasteiger partial charge in [0.05, 0.1) is 19.6 Å². The summed E-state index contributed by atoms with van der Waals surface area (Å²) >= 11 is 0. The van der Waals surface area contributed by atoms with Crippen LogP contribution in [0.2, 0.25) is 0 Å². The third-order valence-electron chi connectivity index (χ3n) is 2.26. The van der Waals surface area contributed by atoms with Crippen LogP contribution in [0.25, 0.3) is 0 Å². The summed E-state index contributed by atoms with van der Waals surface area (Å²) in [5.41, 5.74) is 0.415. The van der Waals surface area contributed by atoms with Crippen molar-refractivity contribution in [2.24, 2.45) is 0 Å². The summed E-state index contributed by atoms with van der Waals surface area (Å²) in [6.45, 7) is -0.100. The van der Waals surface area contributed by atoms with Crippen LogP contribution in [0.1, 0.15) is 16.8 Å². The second-order valence-electron chi connectivity index (χ2n) is 3.69. The minimum absolute atomic E-state index is 0.100. The molecule has 0 fully saturated rings. The lowest BCUT2D eigenvalue weighted by atomic mass is 10.2. The highest BCUT2D eigenvalue weighted by molar-refractivity contribution is 5.94. The molecule has 3 N–H and O–H groups in total. The predicted molar refractivity (Wildman–Crippen MR) is 63.6 cm³/mol. The van der Waals surface area contributed by atoms with E-state index in [1.807, 2.05) is 0 Å². The zero-order chi connectivity index (χ0) is 13.5. The lowest BCUT2D eigenvalue weighted by Gasteiger charge is -2.09. The number of carbonyl (C=O) groups excluding carboxylic acids is 1. The first kappa shape index (κ1) is 14.0. The molecule has 0 heterocycles. The summed E-state index contributed by atoms with van der Waals surface area (Å²) in [6.07, 6.45) is -1.49. The van der Waals surface area contributed by atoms with Gasteiger partial charge in [0.25, 0.3) is 5.91 Å². The molecule has 0 saturated carbocycles. The number of carbonyl (C=O) groups is 2. The second-order valence-corrected chi connectivity index (χ2v) is 3.69. The Bertz CT molecular complexity index is 415. The van der Waals surface area contributed by atoms with Gasteiger partial charge in [0.15, 0.2) is 0 Å². The number of aliphatic hydroxyl groups is 1. The van der Waals surface area contributed by atoms with Crippen molar-refractivity contribution in [2.75, 3.05) is 13.7 Å². The molecule has 0 spiro atoms. The molecule has 1 aromatic carbocycles. The Morgan fingerprint density at radius 1 is 1.33 bits per heavy atom. The molecule has 1 atom stereocenters. The fourth-order valence-corrected chi connectivity index (χ4v) is 1.33. The van der Waals surface area contributed by atoms with E-state index in [-0.39, 0.29) is 12.5 Å². The number of ether oxygens (including phenoxy) is 1. The SMILES string of the molecule is COc1ccc(C(=O)NC[C@H](O)CC(=O)O)cc1. The minimum atomic E-state index is -1.11. The van der Waals surface area contributed by atoms with Gasteiger partial charge in [0.2, 0.25) is 0 Å². The standard InChI is InChI=1S/C12H15NO5/c1-18-10-4-2-8(3-5-10)12(17)13-7-9(14)6-11(15)16/h2-5,9,14H,6-7H2,1H3,(H,13,17)(H,15,16)/t9-/m1/s1. The van der Waals surface area contributed by atoms with Crippen molar-refractivity contribution in [3.8, 4) is 5.75 Å². The predicted octanol–water partition coefficient (Wildman–Crippen LogP) is 0.261. The average molecular weight is 253 g/mol. The van der Waals surface area contributed by atoms with Crippen molar-refractivity contribution in [1.82, 2.24) is 5.32 Å². The summed E-state index contributed by atoms with van der Waals surface area (Å²) in [5, 5.41) is 20.2. The zero-order valence-corrected chi connectivity index (χ0v) is 9.92. The number of carboxylic acid groups (broad SMARTS) is 1. The second kappa shape index (κ2) is 6.61. The van der Waals surface area contributed by atoms with E-state index in [0.717, 1.165) is 0 Å². The van der Waals surface area contributed by atoms with Gasteiger partial charge in [-0.05, 0) is 24.3 Å². The normalized spacial score (nSPS) is 11.7. The van der Waals surface area contributed by atoms with Gasteiger partial charge >= 0.3 is 5.97 Å². The highest BCUT2D eigenvalue weighted by Crippen LogP contribution is 2.10. The van der Waals surface area contributed by atoms with Gasteiger partial charge < -0.3 is 20.3 Å². The summed E-state index contributed by atoms with van der Waals surface area (Å²) < 4.78 is 4.95. The van der Waals surface area contributed by atoms with E-state index in [4.69, 9.17) is 9.84 Å². The molecule has 1 amide bonds. The molecule has 0 unspecified atom stereocenters. The number of hydrogen-bond acceptors (Lipinski definition) is 4. The number of benzene rings is 1. The van der Waals surface area contributed by atoms with Crippen LogP contribution >= 0.6 is 0 Å². The lowest BCUT2D eigenvalue weighted by molar-refractivity contribution is -0.139. The summed E-state index contributed by atoms with van der Waals surface area (Å²) in [7, 11) is 1.53. The van der Waals surface area contributed by atoms with Crippen LogP contribution in [-0.4, -0.2) is 41.8 Å². The Morgan fingerprint density at radius 3 is 2.44 bits per heavy atom. The maximum absolute atomic E-state index is 11.6. The van der Waals surface area contributed by atoms with Crippen LogP contribution in [0.5, 0.6) is 5.75 Å². The number of aliphatic hydroxyl groups excluding tert-OH is 1. The van der Waals surface area contributed by atoms with E-state index in [2.05, 4.69) is 5.32 Å². The van der Waals surface area contributed by atoms with E-state index in [0.29, 0.717) is 11.3 Å². The molecule has 18 heavy (non-hydrogen) atoms. The molecule has 0 aliphatic rings. The number of nitrogens with one attached hydrogen (secondary N) is 1. The molecule has 0 radical (unpaired) electrons. The van der Waals surface area contributed by atoms with Gasteiger partial charge in [-0.25, -0.2) is 0 Å². The highest BCUT2D eigenvalue weighted by atomic mass is 16.5. The quantitative estimate of drug-likeness (QED) is 0.676. The van der Waals surface area contributed by atoms with E-state index in [1.54, 1.807) is 24.3 Å². The number of aliphatic carboxylic acids is 1. The zero-order valence-electron chi connectivity index (χ0n) is 9.92. The molecule has 6 nitrogen and oxygen atoms in total. The molecule has 1 rings (SSSR count). The molecule has 1 aromatic rings. The Balaban J connectivity index is 2.47. The Hall–Kier alpha value is -2.08. The fourth-order valence-electron chi connectivity index (χ4n) is 1.33. The van der Waals surface area contributed by atoms with Crippen LogP contribution < -0.4 is 10.1 Å². The first-order valence-corrected chi connectivity index (χ1v) is 5.35. The van der Waals surface area contributed by atoms with Crippen molar-refractivity contribution in [2.45, 2.75) is 12.5 Å². The largest absolute Gasteiger partial charge is 0.497 e. The van der Waals surface area contributed by atoms with Crippen LogP contribution in [0.15, 0.2) is 24.3 Å². The van der Waals surface area contributed by atoms with Crippen LogP contribution in [0, 0.1) is 0 Å². The van der Waals surface area contributed by atoms with Gasteiger partial charge in [-0.2, -0.15) is 0 Å². The van der Waals surface area contributed by atoms with Crippen molar-refractivity contribution in [3.63, 3.8) is 0 Å². The number of methoxy groups -OCH3 is 1. The van der Waals surface area contributed by atoms with E-state index in [1.165, 1.54) is 7.11 Å². The fraction of sp³-hybridized carbons (Fsp3) is 0.333. The monoisotopic (exact) mass is 253 g/mol. The summed E-state index contributed by atoms with van der Waals surface area (Å²) in [4.78, 5) is 21.9. The molecular formula is C12H15NO5. The topological polar surface area (TPSA) is 95.9 Å². The Morgan fingerprint density at radius 2 is 1.94 bits per heavy atom. The number of amides is 1. The molecule has 0 aliphatic carbocycles. The van der Waals surface area contributed by atoms with Crippen LogP contribution in [-0.2, 0) is 4.79 Å². The van der Waals surface area contributed by atoms with Gasteiger partial charge in [-0.3, -0.25) is 9.59 Å². The van der Waals surface area contributed by atoms with Crippen molar-refractivity contribution < 1.29 is 24.5 Å².